The molecule has 0 unspecified atom stereocenters. The van der Waals surface area contributed by atoms with Crippen LogP contribution in [-0.2, 0) is 22.6 Å². The molecule has 3 aromatic rings. The van der Waals surface area contributed by atoms with E-state index in [0.29, 0.717) is 46.9 Å². The van der Waals surface area contributed by atoms with Gasteiger partial charge in [-0.3, -0.25) is 14.2 Å². The summed E-state index contributed by atoms with van der Waals surface area (Å²) in [5, 5.41) is 21.5. The minimum Gasteiger partial charge on any atom is -0.370 e. The molecule has 2 aromatic heterocycles. The number of carbonyl (C=O) groups is 2. The first-order valence-corrected chi connectivity index (χ1v) is 12.1. The van der Waals surface area contributed by atoms with Crippen LogP contribution >= 0.6 is 11.8 Å². The second-order valence-corrected chi connectivity index (χ2v) is 9.51. The summed E-state index contributed by atoms with van der Waals surface area (Å²) in [7, 11) is 0. The number of rotatable bonds is 10. The van der Waals surface area contributed by atoms with Crippen molar-refractivity contribution in [2.75, 3.05) is 11.1 Å². The number of nitriles is 1. The Morgan fingerprint density at radius 2 is 1.91 bits per heavy atom. The summed E-state index contributed by atoms with van der Waals surface area (Å²) in [5.41, 5.74) is 7.75. The molecule has 3 N–H and O–H groups in total. The number of carbonyl (C=O) groups excluding carboxylic acids is 2. The van der Waals surface area contributed by atoms with E-state index in [9.17, 15) is 19.2 Å². The van der Waals surface area contributed by atoms with Crippen molar-refractivity contribution in [2.45, 2.75) is 52.2 Å². The molecule has 1 aromatic carbocycles. The number of primary amides is 1. The minimum absolute atomic E-state index is 0.0314. The predicted molar refractivity (Wildman–Crippen MR) is 132 cm³/mol. The highest BCUT2D eigenvalue weighted by atomic mass is 32.2. The molecular formula is C24H28FN7O2S. The zero-order valence-electron chi connectivity index (χ0n) is 20.1. The molecule has 35 heavy (non-hydrogen) atoms. The third kappa shape index (κ3) is 6.08. The molecule has 0 fully saturated rings. The molecule has 0 aliphatic heterocycles. The Hall–Kier alpha value is -3.65. The van der Waals surface area contributed by atoms with Crippen LogP contribution in [0.15, 0.2) is 29.4 Å². The molecular weight excluding hydrogens is 469 g/mol. The number of anilines is 1. The summed E-state index contributed by atoms with van der Waals surface area (Å²) in [6, 6.07) is 8.00. The highest BCUT2D eigenvalue weighted by Crippen LogP contribution is 2.30. The monoisotopic (exact) mass is 497 g/mol. The van der Waals surface area contributed by atoms with Crippen molar-refractivity contribution in [3.8, 4) is 11.8 Å². The fraction of sp³-hybridized carbons (Fsp3) is 0.375. The van der Waals surface area contributed by atoms with Crippen molar-refractivity contribution in [1.82, 2.24) is 19.3 Å². The maximum atomic E-state index is 13.5. The first-order chi connectivity index (χ1) is 16.6. The molecule has 0 saturated carbocycles. The van der Waals surface area contributed by atoms with Crippen molar-refractivity contribution < 1.29 is 14.0 Å². The van der Waals surface area contributed by atoms with Gasteiger partial charge in [-0.05, 0) is 49.6 Å². The van der Waals surface area contributed by atoms with Crippen LogP contribution in [0.1, 0.15) is 42.9 Å². The first kappa shape index (κ1) is 26.0. The van der Waals surface area contributed by atoms with Gasteiger partial charge < -0.3 is 15.6 Å². The number of thioether (sulfide) groups is 1. The fourth-order valence-corrected chi connectivity index (χ4v) is 4.43. The molecule has 0 bridgehead atoms. The Balaban J connectivity index is 1.82. The largest absolute Gasteiger partial charge is 0.370 e. The van der Waals surface area contributed by atoms with E-state index in [1.54, 1.807) is 23.6 Å². The number of halogens is 1. The summed E-state index contributed by atoms with van der Waals surface area (Å²) >= 11 is 1.22. The molecule has 2 heterocycles. The molecule has 3 rings (SSSR count). The Morgan fingerprint density at radius 3 is 2.51 bits per heavy atom. The van der Waals surface area contributed by atoms with Crippen LogP contribution in [0, 0.1) is 36.9 Å². The second kappa shape index (κ2) is 11.2. The first-order valence-electron chi connectivity index (χ1n) is 11.1. The molecule has 11 heteroatoms. The van der Waals surface area contributed by atoms with E-state index in [0.717, 1.165) is 11.3 Å². The SMILES string of the molecule is Cc1c(C#N)c(NC(=O)CSc2nnc(CCC(N)=O)n2CC(C)C)n(-c2ccc(F)cc2)c1C. The van der Waals surface area contributed by atoms with E-state index in [4.69, 9.17) is 5.73 Å². The summed E-state index contributed by atoms with van der Waals surface area (Å²) in [6.07, 6.45) is 0.536. The number of hydrogen-bond acceptors (Lipinski definition) is 6. The number of amides is 2. The van der Waals surface area contributed by atoms with E-state index in [-0.39, 0.29) is 23.9 Å². The molecule has 2 amide bonds. The van der Waals surface area contributed by atoms with Crippen LogP contribution in [0.25, 0.3) is 5.69 Å². The summed E-state index contributed by atoms with van der Waals surface area (Å²) in [6.45, 7) is 8.38. The average Bonchev–Trinajstić information content (AvgIpc) is 3.28. The highest BCUT2D eigenvalue weighted by Gasteiger charge is 2.22. The van der Waals surface area contributed by atoms with Crippen LogP contribution in [-0.4, -0.2) is 36.9 Å². The smallest absolute Gasteiger partial charge is 0.236 e. The molecule has 0 saturated heterocycles. The number of nitrogens with one attached hydrogen (secondary N) is 1. The average molecular weight is 498 g/mol. The van der Waals surface area contributed by atoms with E-state index in [2.05, 4.69) is 35.4 Å². The van der Waals surface area contributed by atoms with Gasteiger partial charge in [0.05, 0.1) is 11.3 Å². The predicted octanol–water partition coefficient (Wildman–Crippen LogP) is 3.50. The standard InChI is InChI=1S/C24H28FN7O2S/c1-14(2)12-31-21(10-9-20(27)33)29-30-24(31)35-13-22(34)28-23-19(11-26)15(3)16(4)32(23)18-7-5-17(25)6-8-18/h5-8,14H,9-10,12-13H2,1-4H3,(H2,27,33)(H,28,34). The lowest BCUT2D eigenvalue weighted by molar-refractivity contribution is -0.118. The zero-order chi connectivity index (χ0) is 25.7. The van der Waals surface area contributed by atoms with Crippen molar-refractivity contribution in [3.05, 3.63) is 52.7 Å². The fourth-order valence-electron chi connectivity index (χ4n) is 3.67. The van der Waals surface area contributed by atoms with Gasteiger partial charge in [0.1, 0.15) is 23.5 Å². The molecule has 0 radical (unpaired) electrons. The Morgan fingerprint density at radius 1 is 1.23 bits per heavy atom. The molecule has 0 spiro atoms. The number of aromatic nitrogens is 4. The van der Waals surface area contributed by atoms with E-state index < -0.39 is 5.91 Å². The van der Waals surface area contributed by atoms with Crippen LogP contribution in [0.3, 0.4) is 0 Å². The van der Waals surface area contributed by atoms with Gasteiger partial charge in [-0.25, -0.2) is 4.39 Å². The lowest BCUT2D eigenvalue weighted by Gasteiger charge is -2.14. The van der Waals surface area contributed by atoms with Crippen LogP contribution in [0.4, 0.5) is 10.2 Å². The molecule has 9 nitrogen and oxygen atoms in total. The van der Waals surface area contributed by atoms with Gasteiger partial charge in [0.25, 0.3) is 0 Å². The number of benzene rings is 1. The number of aryl methyl sites for hydroxylation is 1. The Bertz CT molecular complexity index is 1270. The topological polar surface area (TPSA) is 132 Å². The summed E-state index contributed by atoms with van der Waals surface area (Å²) in [4.78, 5) is 24.1. The maximum absolute atomic E-state index is 13.5. The third-order valence-corrected chi connectivity index (χ3v) is 6.40. The van der Waals surface area contributed by atoms with Gasteiger partial charge in [0.2, 0.25) is 11.8 Å². The van der Waals surface area contributed by atoms with Gasteiger partial charge in [0.15, 0.2) is 5.16 Å². The molecule has 0 aliphatic rings. The Labute approximate surface area is 207 Å². The van der Waals surface area contributed by atoms with Gasteiger partial charge in [-0.1, -0.05) is 25.6 Å². The zero-order valence-corrected chi connectivity index (χ0v) is 20.9. The van der Waals surface area contributed by atoms with Gasteiger partial charge >= 0.3 is 0 Å². The van der Waals surface area contributed by atoms with Gasteiger partial charge in [-0.15, -0.1) is 10.2 Å². The lowest BCUT2D eigenvalue weighted by Crippen LogP contribution is -2.18. The van der Waals surface area contributed by atoms with E-state index in [1.165, 1.54) is 23.9 Å². The minimum atomic E-state index is -0.416. The van der Waals surface area contributed by atoms with Gasteiger partial charge in [-0.2, -0.15) is 5.26 Å². The van der Waals surface area contributed by atoms with E-state index in [1.807, 2.05) is 11.5 Å². The van der Waals surface area contributed by atoms with Crippen molar-refractivity contribution in [1.29, 1.82) is 5.26 Å². The summed E-state index contributed by atoms with van der Waals surface area (Å²) in [5.74, 6) is 0.192. The number of hydrogen-bond donors (Lipinski definition) is 2. The second-order valence-electron chi connectivity index (χ2n) is 8.56. The Kier molecular flexibility index (Phi) is 8.30. The quantitative estimate of drug-likeness (QED) is 0.412. The molecule has 0 atom stereocenters. The van der Waals surface area contributed by atoms with Gasteiger partial charge in [0, 0.05) is 30.8 Å². The molecule has 184 valence electrons. The van der Waals surface area contributed by atoms with Crippen molar-refractivity contribution >= 4 is 29.4 Å². The lowest BCUT2D eigenvalue weighted by atomic mass is 10.2. The summed E-state index contributed by atoms with van der Waals surface area (Å²) < 4.78 is 17.1. The number of nitrogens with zero attached hydrogens (tertiary/aromatic N) is 5. The van der Waals surface area contributed by atoms with Crippen molar-refractivity contribution in [2.24, 2.45) is 11.7 Å². The van der Waals surface area contributed by atoms with E-state index >= 15 is 0 Å². The third-order valence-electron chi connectivity index (χ3n) is 5.44. The van der Waals surface area contributed by atoms with Crippen molar-refractivity contribution in [3.63, 3.8) is 0 Å². The maximum Gasteiger partial charge on any atom is 0.236 e. The highest BCUT2D eigenvalue weighted by molar-refractivity contribution is 7.99. The number of nitrogens with two attached hydrogens (primary N) is 1. The normalized spacial score (nSPS) is 11.0. The van der Waals surface area contributed by atoms with Crippen LogP contribution < -0.4 is 11.1 Å². The van der Waals surface area contributed by atoms with Crippen LogP contribution in [0.5, 0.6) is 0 Å². The molecule has 0 aliphatic carbocycles. The van der Waals surface area contributed by atoms with Crippen LogP contribution in [0.2, 0.25) is 0 Å².